The topological polar surface area (TPSA) is 51.2 Å². The Balaban J connectivity index is 2.16. The Labute approximate surface area is 116 Å². The summed E-state index contributed by atoms with van der Waals surface area (Å²) in [5.74, 6) is 0.761. The number of rotatable bonds is 4. The van der Waals surface area contributed by atoms with Gasteiger partial charge in [-0.1, -0.05) is 26.0 Å². The van der Waals surface area contributed by atoms with Gasteiger partial charge in [0, 0.05) is 11.1 Å². The molecule has 1 amide bonds. The van der Waals surface area contributed by atoms with Crippen molar-refractivity contribution in [2.24, 2.45) is 0 Å². The Hall–Kier alpha value is -1.88. The van der Waals surface area contributed by atoms with E-state index in [2.05, 4.69) is 24.1 Å². The van der Waals surface area contributed by atoms with Gasteiger partial charge < -0.3 is 4.74 Å². The van der Waals surface area contributed by atoms with Gasteiger partial charge in [-0.05, 0) is 18.1 Å². The van der Waals surface area contributed by atoms with E-state index < -0.39 is 0 Å². The fourth-order valence-corrected chi connectivity index (χ4v) is 2.42. The molecule has 0 unspecified atom stereocenters. The number of carbonyl (C=O) groups is 1. The Morgan fingerprint density at radius 2 is 2.11 bits per heavy atom. The van der Waals surface area contributed by atoms with Gasteiger partial charge >= 0.3 is 0 Å². The normalized spacial score (nSPS) is 10.5. The summed E-state index contributed by atoms with van der Waals surface area (Å²) in [4.78, 5) is 17.5. The fraction of sp³-hybridized carbons (Fsp3) is 0.286. The molecule has 0 fully saturated rings. The van der Waals surface area contributed by atoms with Gasteiger partial charge in [0.05, 0.1) is 12.7 Å². The highest BCUT2D eigenvalue weighted by Gasteiger charge is 2.13. The number of thiazole rings is 1. The maximum Gasteiger partial charge on any atom is 0.261 e. The number of nitrogens with zero attached hydrogens (tertiary/aromatic N) is 1. The Bertz CT molecular complexity index is 578. The van der Waals surface area contributed by atoms with Gasteiger partial charge in [-0.15, -0.1) is 11.3 Å². The van der Waals surface area contributed by atoms with Gasteiger partial charge in [0.1, 0.15) is 5.75 Å². The number of para-hydroxylation sites is 1. The molecule has 2 aromatic rings. The van der Waals surface area contributed by atoms with Gasteiger partial charge in [-0.2, -0.15) is 0 Å². The van der Waals surface area contributed by atoms with Crippen LogP contribution in [0.25, 0.3) is 0 Å². The fourth-order valence-electron chi connectivity index (χ4n) is 1.61. The summed E-state index contributed by atoms with van der Waals surface area (Å²) in [7, 11) is 1.55. The molecule has 0 aliphatic heterocycles. The second kappa shape index (κ2) is 5.84. The van der Waals surface area contributed by atoms with E-state index in [1.54, 1.807) is 31.5 Å². The summed E-state index contributed by atoms with van der Waals surface area (Å²) in [6.07, 6.45) is 1.80. The van der Waals surface area contributed by atoms with Crippen LogP contribution in [0.1, 0.15) is 35.0 Å². The lowest BCUT2D eigenvalue weighted by Gasteiger charge is -2.07. The first-order chi connectivity index (χ1) is 9.11. The third kappa shape index (κ3) is 3.12. The summed E-state index contributed by atoms with van der Waals surface area (Å²) < 4.78 is 5.17. The molecule has 4 nitrogen and oxygen atoms in total. The largest absolute Gasteiger partial charge is 0.496 e. The van der Waals surface area contributed by atoms with E-state index in [-0.39, 0.29) is 5.91 Å². The molecule has 2 rings (SSSR count). The number of carbonyl (C=O) groups excluding carboxylic acids is 1. The van der Waals surface area contributed by atoms with E-state index in [4.69, 9.17) is 4.74 Å². The predicted molar refractivity (Wildman–Crippen MR) is 77.2 cm³/mol. The molecule has 1 aromatic carbocycles. The Kier molecular flexibility index (Phi) is 4.16. The highest BCUT2D eigenvalue weighted by atomic mass is 32.1. The van der Waals surface area contributed by atoms with Crippen LogP contribution in [0.4, 0.5) is 5.13 Å². The molecule has 100 valence electrons. The molecule has 0 bridgehead atoms. The van der Waals surface area contributed by atoms with Crippen LogP contribution in [-0.4, -0.2) is 18.0 Å². The third-order valence-corrected chi connectivity index (χ3v) is 3.88. The van der Waals surface area contributed by atoms with E-state index in [1.807, 2.05) is 6.07 Å². The number of anilines is 1. The number of amides is 1. The molecule has 0 saturated carbocycles. The molecule has 1 N–H and O–H groups in total. The zero-order valence-electron chi connectivity index (χ0n) is 11.1. The maximum absolute atomic E-state index is 12.1. The van der Waals surface area contributed by atoms with Crippen LogP contribution in [0.15, 0.2) is 30.5 Å². The van der Waals surface area contributed by atoms with Gasteiger partial charge in [0.25, 0.3) is 5.91 Å². The number of ether oxygens (including phenoxy) is 1. The molecule has 0 aliphatic rings. The first-order valence-corrected chi connectivity index (χ1v) is 6.83. The third-order valence-electron chi connectivity index (χ3n) is 2.66. The molecule has 0 atom stereocenters. The maximum atomic E-state index is 12.1. The summed E-state index contributed by atoms with van der Waals surface area (Å²) >= 11 is 1.49. The van der Waals surface area contributed by atoms with Crippen molar-refractivity contribution in [3.8, 4) is 5.75 Å². The van der Waals surface area contributed by atoms with Crippen molar-refractivity contribution < 1.29 is 9.53 Å². The molecule has 1 aromatic heterocycles. The molecule has 19 heavy (non-hydrogen) atoms. The molecule has 0 saturated heterocycles. The van der Waals surface area contributed by atoms with Crippen molar-refractivity contribution in [3.63, 3.8) is 0 Å². The van der Waals surface area contributed by atoms with Crippen molar-refractivity contribution in [1.29, 1.82) is 0 Å². The number of hydrogen-bond donors (Lipinski definition) is 1. The first-order valence-electron chi connectivity index (χ1n) is 6.02. The molecular formula is C14H16N2O2S. The van der Waals surface area contributed by atoms with Crippen LogP contribution >= 0.6 is 11.3 Å². The average Bonchev–Trinajstić information content (AvgIpc) is 2.87. The molecular weight excluding hydrogens is 260 g/mol. The second-order valence-corrected chi connectivity index (χ2v) is 5.44. The number of nitrogens with one attached hydrogen (secondary N) is 1. The lowest BCUT2D eigenvalue weighted by atomic mass is 10.2. The van der Waals surface area contributed by atoms with E-state index in [0.29, 0.717) is 22.4 Å². The number of methoxy groups -OCH3 is 1. The van der Waals surface area contributed by atoms with Gasteiger partial charge in [-0.3, -0.25) is 10.1 Å². The molecule has 0 radical (unpaired) electrons. The monoisotopic (exact) mass is 276 g/mol. The minimum Gasteiger partial charge on any atom is -0.496 e. The molecule has 0 aliphatic carbocycles. The average molecular weight is 276 g/mol. The van der Waals surface area contributed by atoms with Crippen LogP contribution in [0.5, 0.6) is 5.75 Å². The summed E-state index contributed by atoms with van der Waals surface area (Å²) in [6, 6.07) is 7.12. The zero-order valence-corrected chi connectivity index (χ0v) is 12.0. The number of benzene rings is 1. The molecule has 0 spiro atoms. The quantitative estimate of drug-likeness (QED) is 0.929. The van der Waals surface area contributed by atoms with Crippen molar-refractivity contribution >= 4 is 22.4 Å². The van der Waals surface area contributed by atoms with Crippen LogP contribution in [-0.2, 0) is 0 Å². The molecule has 5 heteroatoms. The summed E-state index contributed by atoms with van der Waals surface area (Å²) in [5, 5.41) is 3.41. The van der Waals surface area contributed by atoms with E-state index in [1.165, 1.54) is 11.3 Å². The van der Waals surface area contributed by atoms with E-state index >= 15 is 0 Å². The number of hydrogen-bond acceptors (Lipinski definition) is 4. The SMILES string of the molecule is COc1ccccc1C(=O)Nc1ncc(C(C)C)s1. The van der Waals surface area contributed by atoms with E-state index in [9.17, 15) is 4.79 Å². The second-order valence-electron chi connectivity index (χ2n) is 4.38. The van der Waals surface area contributed by atoms with Crippen molar-refractivity contribution in [2.45, 2.75) is 19.8 Å². The molecule has 1 heterocycles. The van der Waals surface area contributed by atoms with Crippen LogP contribution in [0.3, 0.4) is 0 Å². The zero-order chi connectivity index (χ0) is 13.8. The van der Waals surface area contributed by atoms with Gasteiger partial charge in [-0.25, -0.2) is 4.98 Å². The summed E-state index contributed by atoms with van der Waals surface area (Å²) in [5.41, 5.74) is 0.506. The van der Waals surface area contributed by atoms with Crippen molar-refractivity contribution in [1.82, 2.24) is 4.98 Å². The van der Waals surface area contributed by atoms with Crippen LogP contribution < -0.4 is 10.1 Å². The van der Waals surface area contributed by atoms with Gasteiger partial charge in [0.15, 0.2) is 5.13 Å². The van der Waals surface area contributed by atoms with Crippen molar-refractivity contribution in [3.05, 3.63) is 40.9 Å². The van der Waals surface area contributed by atoms with Crippen LogP contribution in [0.2, 0.25) is 0 Å². The number of aromatic nitrogens is 1. The minimum atomic E-state index is -0.206. The highest BCUT2D eigenvalue weighted by molar-refractivity contribution is 7.15. The lowest BCUT2D eigenvalue weighted by molar-refractivity contribution is 0.102. The smallest absolute Gasteiger partial charge is 0.261 e. The lowest BCUT2D eigenvalue weighted by Crippen LogP contribution is -2.12. The van der Waals surface area contributed by atoms with E-state index in [0.717, 1.165) is 4.88 Å². The minimum absolute atomic E-state index is 0.206. The van der Waals surface area contributed by atoms with Gasteiger partial charge in [0.2, 0.25) is 0 Å². The summed E-state index contributed by atoms with van der Waals surface area (Å²) in [6.45, 7) is 4.19. The first kappa shape index (κ1) is 13.5. The Morgan fingerprint density at radius 1 is 1.37 bits per heavy atom. The standard InChI is InChI=1S/C14H16N2O2S/c1-9(2)12-8-15-14(19-12)16-13(17)10-6-4-5-7-11(10)18-3/h4-9H,1-3H3,(H,15,16,17). The van der Waals surface area contributed by atoms with Crippen molar-refractivity contribution in [2.75, 3.05) is 12.4 Å². The predicted octanol–water partition coefficient (Wildman–Crippen LogP) is 3.53. The van der Waals surface area contributed by atoms with Crippen LogP contribution in [0, 0.1) is 0 Å². The Morgan fingerprint density at radius 3 is 2.74 bits per heavy atom. The highest BCUT2D eigenvalue weighted by Crippen LogP contribution is 2.26.